The van der Waals surface area contributed by atoms with E-state index < -0.39 is 0 Å². The molecule has 0 rings (SSSR count). The third-order valence-electron chi connectivity index (χ3n) is 0.408. The number of halogens is 2. The molecule has 2 N–H and O–H groups in total. The Morgan fingerprint density at radius 2 is 1.25 bits per heavy atom. The standard InChI is InChI=1S/C4H10O.2ClH.H2O/c1-3-5-4-2;;;/h3-4H2,1-2H3;2*1H;1H2. The Kier molecular flexibility index (Phi) is 76.3. The van der Waals surface area contributed by atoms with Gasteiger partial charge in [-0.2, -0.15) is 0 Å². The summed E-state index contributed by atoms with van der Waals surface area (Å²) in [4.78, 5) is 0. The topological polar surface area (TPSA) is 40.7 Å². The SMILES string of the molecule is CCOCC.Cl.Cl.O. The second-order valence-corrected chi connectivity index (χ2v) is 0.781. The molecule has 8 heavy (non-hydrogen) atoms. The van der Waals surface area contributed by atoms with Crippen LogP contribution in [0.25, 0.3) is 0 Å². The van der Waals surface area contributed by atoms with Crippen LogP contribution in [0.15, 0.2) is 0 Å². The van der Waals surface area contributed by atoms with Gasteiger partial charge in [-0.1, -0.05) is 0 Å². The molecular formula is C4H14Cl2O2. The van der Waals surface area contributed by atoms with E-state index in [0.717, 1.165) is 13.2 Å². The molecule has 0 saturated heterocycles. The van der Waals surface area contributed by atoms with E-state index in [2.05, 4.69) is 0 Å². The highest BCUT2D eigenvalue weighted by molar-refractivity contribution is 5.85. The molecule has 0 aromatic carbocycles. The fourth-order valence-corrected chi connectivity index (χ4v) is 0.204. The van der Waals surface area contributed by atoms with E-state index in [1.807, 2.05) is 13.8 Å². The van der Waals surface area contributed by atoms with Gasteiger partial charge in [0.25, 0.3) is 0 Å². The van der Waals surface area contributed by atoms with Gasteiger partial charge in [0.2, 0.25) is 0 Å². The number of hydrogen-bond acceptors (Lipinski definition) is 1. The van der Waals surface area contributed by atoms with Gasteiger partial charge in [0.05, 0.1) is 0 Å². The van der Waals surface area contributed by atoms with Crippen molar-refractivity contribution in [3.05, 3.63) is 0 Å². The zero-order chi connectivity index (χ0) is 4.12. The molecule has 0 saturated carbocycles. The van der Waals surface area contributed by atoms with Gasteiger partial charge in [-0.3, -0.25) is 0 Å². The van der Waals surface area contributed by atoms with Crippen molar-refractivity contribution in [3.8, 4) is 0 Å². The molecule has 0 unspecified atom stereocenters. The van der Waals surface area contributed by atoms with Crippen molar-refractivity contribution in [1.82, 2.24) is 0 Å². The predicted molar refractivity (Wildman–Crippen MR) is 40.3 cm³/mol. The zero-order valence-electron chi connectivity index (χ0n) is 5.14. The van der Waals surface area contributed by atoms with Gasteiger partial charge in [0.1, 0.15) is 0 Å². The Morgan fingerprint density at radius 1 is 1.00 bits per heavy atom. The largest absolute Gasteiger partial charge is 0.412 e. The first-order valence-corrected chi connectivity index (χ1v) is 1.99. The van der Waals surface area contributed by atoms with Gasteiger partial charge in [0.15, 0.2) is 0 Å². The first kappa shape index (κ1) is 23.6. The molecule has 0 heterocycles. The average Bonchev–Trinajstić information content (AvgIpc) is 1.41. The Morgan fingerprint density at radius 3 is 1.25 bits per heavy atom. The van der Waals surface area contributed by atoms with Crippen molar-refractivity contribution in [2.45, 2.75) is 13.8 Å². The predicted octanol–water partition coefficient (Wildman–Crippen LogP) is 1.06. The molecule has 0 aromatic heterocycles. The van der Waals surface area contributed by atoms with Crippen LogP contribution in [-0.2, 0) is 4.74 Å². The lowest BCUT2D eigenvalue weighted by Crippen LogP contribution is -1.84. The fourth-order valence-electron chi connectivity index (χ4n) is 0.204. The van der Waals surface area contributed by atoms with Crippen LogP contribution in [0.4, 0.5) is 0 Å². The molecule has 56 valence electrons. The molecule has 0 amide bonds. The van der Waals surface area contributed by atoms with E-state index >= 15 is 0 Å². The molecule has 0 aromatic rings. The maximum Gasteiger partial charge on any atom is 0.0437 e. The van der Waals surface area contributed by atoms with Crippen molar-refractivity contribution in [1.29, 1.82) is 0 Å². The van der Waals surface area contributed by atoms with Crippen molar-refractivity contribution in [2.75, 3.05) is 13.2 Å². The molecule has 0 aliphatic heterocycles. The second kappa shape index (κ2) is 25.9. The minimum atomic E-state index is 0. The summed E-state index contributed by atoms with van der Waals surface area (Å²) in [5.41, 5.74) is 0. The number of ether oxygens (including phenoxy) is 1. The van der Waals surface area contributed by atoms with E-state index in [4.69, 9.17) is 4.74 Å². The number of hydrogen-bond donors (Lipinski definition) is 0. The third-order valence-corrected chi connectivity index (χ3v) is 0.408. The van der Waals surface area contributed by atoms with E-state index in [9.17, 15) is 0 Å². The summed E-state index contributed by atoms with van der Waals surface area (Å²) in [6, 6.07) is 0. The van der Waals surface area contributed by atoms with Gasteiger partial charge >= 0.3 is 0 Å². The van der Waals surface area contributed by atoms with Crippen molar-refractivity contribution in [3.63, 3.8) is 0 Å². The van der Waals surface area contributed by atoms with E-state index in [1.54, 1.807) is 0 Å². The lowest BCUT2D eigenvalue weighted by atomic mass is 10.8. The fraction of sp³-hybridized carbons (Fsp3) is 1.00. The molecule has 2 nitrogen and oxygen atoms in total. The van der Waals surface area contributed by atoms with E-state index in [0.29, 0.717) is 0 Å². The minimum Gasteiger partial charge on any atom is -0.412 e. The van der Waals surface area contributed by atoms with Crippen LogP contribution in [-0.4, -0.2) is 18.7 Å². The molecule has 0 atom stereocenters. The van der Waals surface area contributed by atoms with E-state index in [-0.39, 0.29) is 30.3 Å². The Bertz CT molecular complexity index is 19.5. The summed E-state index contributed by atoms with van der Waals surface area (Å²) in [7, 11) is 0. The Balaban J connectivity index is -0.0000000267. The zero-order valence-corrected chi connectivity index (χ0v) is 6.77. The third kappa shape index (κ3) is 31.5. The molecule has 0 fully saturated rings. The van der Waals surface area contributed by atoms with Gasteiger partial charge in [-0.25, -0.2) is 0 Å². The average molecular weight is 165 g/mol. The summed E-state index contributed by atoms with van der Waals surface area (Å²) >= 11 is 0. The molecule has 0 aliphatic rings. The smallest absolute Gasteiger partial charge is 0.0437 e. The highest BCUT2D eigenvalue weighted by Crippen LogP contribution is 1.64. The van der Waals surface area contributed by atoms with Gasteiger partial charge in [-0.15, -0.1) is 24.8 Å². The molecule has 0 radical (unpaired) electrons. The number of rotatable bonds is 2. The van der Waals surface area contributed by atoms with Crippen LogP contribution in [0, 0.1) is 0 Å². The highest BCUT2D eigenvalue weighted by atomic mass is 35.5. The van der Waals surface area contributed by atoms with Crippen LogP contribution < -0.4 is 0 Å². The van der Waals surface area contributed by atoms with Crippen LogP contribution in [0.5, 0.6) is 0 Å². The summed E-state index contributed by atoms with van der Waals surface area (Å²) in [6.45, 7) is 5.67. The quantitative estimate of drug-likeness (QED) is 0.603. The summed E-state index contributed by atoms with van der Waals surface area (Å²) < 4.78 is 4.83. The minimum absolute atomic E-state index is 0. The maximum atomic E-state index is 4.83. The lowest BCUT2D eigenvalue weighted by Gasteiger charge is -1.86. The summed E-state index contributed by atoms with van der Waals surface area (Å²) in [5, 5.41) is 0. The van der Waals surface area contributed by atoms with Crippen molar-refractivity contribution >= 4 is 24.8 Å². The summed E-state index contributed by atoms with van der Waals surface area (Å²) in [5.74, 6) is 0. The molecule has 0 aliphatic carbocycles. The van der Waals surface area contributed by atoms with Gasteiger partial charge in [0, 0.05) is 13.2 Å². The monoisotopic (exact) mass is 164 g/mol. The normalized spacial score (nSPS) is 5.25. The Hall–Kier alpha value is 0.500. The second-order valence-electron chi connectivity index (χ2n) is 0.781. The van der Waals surface area contributed by atoms with Crippen molar-refractivity contribution < 1.29 is 10.2 Å². The van der Waals surface area contributed by atoms with Crippen LogP contribution in [0.2, 0.25) is 0 Å². The molecular weight excluding hydrogens is 151 g/mol. The molecule has 4 heteroatoms. The Labute approximate surface area is 62.7 Å². The van der Waals surface area contributed by atoms with Crippen LogP contribution in [0.3, 0.4) is 0 Å². The van der Waals surface area contributed by atoms with Gasteiger partial charge in [-0.05, 0) is 13.8 Å². The first-order valence-electron chi connectivity index (χ1n) is 1.99. The summed E-state index contributed by atoms with van der Waals surface area (Å²) in [6.07, 6.45) is 0. The van der Waals surface area contributed by atoms with E-state index in [1.165, 1.54) is 0 Å². The van der Waals surface area contributed by atoms with Crippen LogP contribution in [0.1, 0.15) is 13.8 Å². The highest BCUT2D eigenvalue weighted by Gasteiger charge is 1.64. The first-order chi connectivity index (χ1) is 2.41. The lowest BCUT2D eigenvalue weighted by molar-refractivity contribution is 0.162. The molecule has 0 bridgehead atoms. The van der Waals surface area contributed by atoms with Gasteiger partial charge < -0.3 is 10.2 Å². The molecule has 0 spiro atoms. The van der Waals surface area contributed by atoms with Crippen LogP contribution >= 0.6 is 24.8 Å². The van der Waals surface area contributed by atoms with Crippen molar-refractivity contribution in [2.24, 2.45) is 0 Å². The maximum absolute atomic E-state index is 4.83.